The number of rotatable bonds is 18. The van der Waals surface area contributed by atoms with E-state index in [4.69, 9.17) is 0 Å². The van der Waals surface area contributed by atoms with E-state index in [1.807, 2.05) is 0 Å². The molecule has 1 aromatic carbocycles. The van der Waals surface area contributed by atoms with Gasteiger partial charge in [-0.05, 0) is 30.7 Å². The summed E-state index contributed by atoms with van der Waals surface area (Å²) in [6, 6.07) is 6.03. The van der Waals surface area contributed by atoms with Gasteiger partial charge in [0.15, 0.2) is 0 Å². The summed E-state index contributed by atoms with van der Waals surface area (Å²) >= 11 is 0. The van der Waals surface area contributed by atoms with Gasteiger partial charge in [0.1, 0.15) is 5.75 Å². The Morgan fingerprint density at radius 1 is 0.645 bits per heavy atom. The lowest BCUT2D eigenvalue weighted by atomic mass is 10.0. The lowest BCUT2D eigenvalue weighted by molar-refractivity contribution is -0.136. The van der Waals surface area contributed by atoms with Crippen LogP contribution < -0.4 is 10.6 Å². The zero-order valence-electron chi connectivity index (χ0n) is 19.6. The van der Waals surface area contributed by atoms with Crippen molar-refractivity contribution in [1.29, 1.82) is 0 Å². The molecule has 0 atom stereocenters. The molecule has 0 aliphatic carbocycles. The van der Waals surface area contributed by atoms with Crippen molar-refractivity contribution in [2.24, 2.45) is 0 Å². The molecule has 0 bridgehead atoms. The van der Waals surface area contributed by atoms with Crippen molar-refractivity contribution in [1.82, 2.24) is 5.32 Å². The van der Waals surface area contributed by atoms with E-state index in [0.29, 0.717) is 12.2 Å². The van der Waals surface area contributed by atoms with Gasteiger partial charge in [0, 0.05) is 12.2 Å². The second-order valence-corrected chi connectivity index (χ2v) is 8.56. The van der Waals surface area contributed by atoms with E-state index in [2.05, 4.69) is 17.6 Å². The summed E-state index contributed by atoms with van der Waals surface area (Å²) in [5.74, 6) is -1.18. The van der Waals surface area contributed by atoms with Gasteiger partial charge in [-0.15, -0.1) is 0 Å². The van der Waals surface area contributed by atoms with Crippen LogP contribution >= 0.6 is 0 Å². The van der Waals surface area contributed by atoms with Crippen molar-refractivity contribution in [3.05, 3.63) is 24.3 Å². The van der Waals surface area contributed by atoms with Crippen LogP contribution in [-0.2, 0) is 9.59 Å². The van der Waals surface area contributed by atoms with Gasteiger partial charge in [-0.2, -0.15) is 0 Å². The number of amides is 2. The van der Waals surface area contributed by atoms with Crippen molar-refractivity contribution >= 4 is 17.5 Å². The zero-order chi connectivity index (χ0) is 22.6. The molecule has 0 aliphatic rings. The van der Waals surface area contributed by atoms with Crippen LogP contribution in [-0.4, -0.2) is 23.5 Å². The second kappa shape index (κ2) is 18.7. The number of hydrogen-bond donors (Lipinski definition) is 3. The maximum absolute atomic E-state index is 11.8. The summed E-state index contributed by atoms with van der Waals surface area (Å²) in [7, 11) is 0. The monoisotopic (exact) mass is 432 g/mol. The van der Waals surface area contributed by atoms with E-state index in [-0.39, 0.29) is 5.75 Å². The van der Waals surface area contributed by atoms with Gasteiger partial charge in [0.25, 0.3) is 0 Å². The van der Waals surface area contributed by atoms with Crippen molar-refractivity contribution in [3.8, 4) is 5.75 Å². The number of benzene rings is 1. The Kier molecular flexibility index (Phi) is 16.3. The Hall–Kier alpha value is -2.04. The molecule has 0 fully saturated rings. The third-order valence-corrected chi connectivity index (χ3v) is 5.65. The van der Waals surface area contributed by atoms with Gasteiger partial charge in [-0.25, -0.2) is 0 Å². The van der Waals surface area contributed by atoms with Gasteiger partial charge in [-0.1, -0.05) is 103 Å². The number of unbranched alkanes of at least 4 members (excludes halogenated alkanes) is 15. The summed E-state index contributed by atoms with van der Waals surface area (Å²) in [6.45, 7) is 2.80. The molecule has 0 radical (unpaired) electrons. The highest BCUT2D eigenvalue weighted by Crippen LogP contribution is 2.14. The normalized spacial score (nSPS) is 10.7. The summed E-state index contributed by atoms with van der Waals surface area (Å²) in [4.78, 5) is 23.6. The average Bonchev–Trinajstić information content (AvgIpc) is 2.77. The molecular formula is C26H44N2O3. The van der Waals surface area contributed by atoms with Crippen molar-refractivity contribution in [2.45, 2.75) is 110 Å². The number of carbonyl (C=O) groups excluding carboxylic acids is 2. The number of nitrogens with one attached hydrogen (secondary N) is 2. The standard InChI is InChI=1S/C26H44N2O3/c1-2-3-4-5-6-7-8-9-10-11-12-13-14-15-16-17-22-27-25(30)26(31)28-23-18-20-24(29)21-19-23/h18-21,29H,2-17,22H2,1H3,(H,27,30)(H,28,31). The van der Waals surface area contributed by atoms with Crippen molar-refractivity contribution < 1.29 is 14.7 Å². The van der Waals surface area contributed by atoms with E-state index in [0.717, 1.165) is 12.8 Å². The van der Waals surface area contributed by atoms with E-state index in [1.54, 1.807) is 12.1 Å². The molecule has 5 nitrogen and oxygen atoms in total. The fourth-order valence-electron chi connectivity index (χ4n) is 3.69. The topological polar surface area (TPSA) is 78.4 Å². The second-order valence-electron chi connectivity index (χ2n) is 8.56. The smallest absolute Gasteiger partial charge is 0.313 e. The summed E-state index contributed by atoms with van der Waals surface area (Å²) in [6.07, 6.45) is 21.0. The van der Waals surface area contributed by atoms with E-state index in [9.17, 15) is 14.7 Å². The Morgan fingerprint density at radius 3 is 1.52 bits per heavy atom. The summed E-state index contributed by atoms with van der Waals surface area (Å²) in [5, 5.41) is 14.4. The molecule has 2 amide bonds. The zero-order valence-corrected chi connectivity index (χ0v) is 19.6. The molecule has 5 heteroatoms. The number of anilines is 1. The number of phenolic OH excluding ortho intramolecular Hbond substituents is 1. The largest absolute Gasteiger partial charge is 0.508 e. The molecule has 0 unspecified atom stereocenters. The average molecular weight is 433 g/mol. The van der Waals surface area contributed by atoms with Gasteiger partial charge in [0.2, 0.25) is 0 Å². The van der Waals surface area contributed by atoms with Crippen LogP contribution in [0.3, 0.4) is 0 Å². The van der Waals surface area contributed by atoms with Gasteiger partial charge in [-0.3, -0.25) is 9.59 Å². The lowest BCUT2D eigenvalue weighted by Crippen LogP contribution is -2.35. The fourth-order valence-corrected chi connectivity index (χ4v) is 3.69. The summed E-state index contributed by atoms with van der Waals surface area (Å²) in [5.41, 5.74) is 0.486. The molecule has 3 N–H and O–H groups in total. The highest BCUT2D eigenvalue weighted by atomic mass is 16.3. The molecule has 0 aliphatic heterocycles. The molecule has 0 aromatic heterocycles. The lowest BCUT2D eigenvalue weighted by Gasteiger charge is -2.07. The predicted molar refractivity (Wildman–Crippen MR) is 129 cm³/mol. The van der Waals surface area contributed by atoms with Crippen molar-refractivity contribution in [3.63, 3.8) is 0 Å². The maximum atomic E-state index is 11.8. The quantitative estimate of drug-likeness (QED) is 0.137. The highest BCUT2D eigenvalue weighted by Gasteiger charge is 2.12. The molecule has 0 spiro atoms. The van der Waals surface area contributed by atoms with Crippen LogP contribution in [0.2, 0.25) is 0 Å². The Morgan fingerprint density at radius 2 is 1.06 bits per heavy atom. The third kappa shape index (κ3) is 15.4. The van der Waals surface area contributed by atoms with Gasteiger partial charge in [0.05, 0.1) is 0 Å². The molecule has 0 saturated heterocycles. The minimum atomic E-state index is -0.679. The molecule has 1 rings (SSSR count). The number of hydrogen-bond acceptors (Lipinski definition) is 3. The first kappa shape index (κ1) is 27.0. The first-order valence-electron chi connectivity index (χ1n) is 12.5. The highest BCUT2D eigenvalue weighted by molar-refractivity contribution is 6.39. The van der Waals surface area contributed by atoms with Crippen LogP contribution in [0.25, 0.3) is 0 Å². The minimum Gasteiger partial charge on any atom is -0.508 e. The molecular weight excluding hydrogens is 388 g/mol. The van der Waals surface area contributed by atoms with E-state index < -0.39 is 11.8 Å². The minimum absolute atomic E-state index is 0.117. The fraction of sp³-hybridized carbons (Fsp3) is 0.692. The predicted octanol–water partition coefficient (Wildman–Crippen LogP) is 6.71. The van der Waals surface area contributed by atoms with Crippen molar-refractivity contribution in [2.75, 3.05) is 11.9 Å². The Balaban J connectivity index is 1.84. The van der Waals surface area contributed by atoms with Crippen LogP contribution in [0.1, 0.15) is 110 Å². The summed E-state index contributed by atoms with van der Waals surface area (Å²) < 4.78 is 0. The first-order chi connectivity index (χ1) is 15.1. The first-order valence-corrected chi connectivity index (χ1v) is 12.5. The SMILES string of the molecule is CCCCCCCCCCCCCCCCCCNC(=O)C(=O)Nc1ccc(O)cc1. The molecule has 0 heterocycles. The van der Waals surface area contributed by atoms with Crippen LogP contribution in [0.4, 0.5) is 5.69 Å². The number of aromatic hydroxyl groups is 1. The van der Waals surface area contributed by atoms with Crippen LogP contribution in [0.5, 0.6) is 5.75 Å². The van der Waals surface area contributed by atoms with Crippen LogP contribution in [0.15, 0.2) is 24.3 Å². The Bertz CT molecular complexity index is 587. The molecule has 31 heavy (non-hydrogen) atoms. The Labute approximate surface area is 189 Å². The molecule has 0 saturated carbocycles. The maximum Gasteiger partial charge on any atom is 0.313 e. The van der Waals surface area contributed by atoms with E-state index in [1.165, 1.54) is 102 Å². The van der Waals surface area contributed by atoms with E-state index >= 15 is 0 Å². The van der Waals surface area contributed by atoms with Crippen LogP contribution in [0, 0.1) is 0 Å². The van der Waals surface area contributed by atoms with Gasteiger partial charge >= 0.3 is 11.8 Å². The third-order valence-electron chi connectivity index (χ3n) is 5.65. The molecule has 176 valence electrons. The molecule has 1 aromatic rings. The number of carbonyl (C=O) groups is 2. The number of phenols is 1. The van der Waals surface area contributed by atoms with Gasteiger partial charge < -0.3 is 15.7 Å².